The molecule has 92 valence electrons. The van der Waals surface area contributed by atoms with E-state index in [9.17, 15) is 0 Å². The highest BCUT2D eigenvalue weighted by Crippen LogP contribution is 2.09. The van der Waals surface area contributed by atoms with Gasteiger partial charge in [-0.2, -0.15) is 5.10 Å². The van der Waals surface area contributed by atoms with E-state index in [1.165, 1.54) is 0 Å². The third-order valence-electron chi connectivity index (χ3n) is 2.31. The van der Waals surface area contributed by atoms with Crippen molar-refractivity contribution in [2.75, 3.05) is 14.1 Å². The fourth-order valence-corrected chi connectivity index (χ4v) is 1.40. The van der Waals surface area contributed by atoms with Gasteiger partial charge in [0.25, 0.3) is 0 Å². The Morgan fingerprint density at radius 3 is 2.67 bits per heavy atom. The van der Waals surface area contributed by atoms with Crippen LogP contribution in [-0.4, -0.2) is 41.0 Å². The quantitative estimate of drug-likeness (QED) is 0.469. The van der Waals surface area contributed by atoms with E-state index < -0.39 is 0 Å². The summed E-state index contributed by atoms with van der Waals surface area (Å²) in [6, 6.07) is 7.75. The summed E-state index contributed by atoms with van der Waals surface area (Å²) < 4.78 is 0. The molecule has 1 heterocycles. The monoisotopic (exact) mass is 241 g/mol. The van der Waals surface area contributed by atoms with Crippen LogP contribution in [0, 0.1) is 0 Å². The van der Waals surface area contributed by atoms with Crippen molar-refractivity contribution in [1.29, 1.82) is 0 Å². The van der Waals surface area contributed by atoms with Gasteiger partial charge in [-0.1, -0.05) is 12.1 Å². The molecule has 0 bridgehead atoms. The lowest BCUT2D eigenvalue weighted by Gasteiger charge is -2.01. The maximum atomic E-state index is 4.49. The number of nitrogens with zero attached hydrogens (tertiary/aromatic N) is 5. The molecule has 5 heteroatoms. The van der Waals surface area contributed by atoms with E-state index in [0.717, 1.165) is 22.4 Å². The Bertz CT molecular complexity index is 601. The highest BCUT2D eigenvalue weighted by Gasteiger charge is 2.01. The molecule has 0 aliphatic rings. The molecule has 0 atom stereocenters. The van der Waals surface area contributed by atoms with Crippen LogP contribution in [0.15, 0.2) is 40.7 Å². The average Bonchev–Trinajstić information content (AvgIpc) is 2.37. The first-order valence-corrected chi connectivity index (χ1v) is 5.63. The molecule has 1 aromatic carbocycles. The Labute approximate surface area is 106 Å². The molecule has 0 N–H and O–H groups in total. The van der Waals surface area contributed by atoms with Crippen LogP contribution in [0.1, 0.15) is 12.6 Å². The number of hydrogen-bond donors (Lipinski definition) is 0. The Morgan fingerprint density at radius 2 is 1.94 bits per heavy atom. The van der Waals surface area contributed by atoms with Crippen LogP contribution in [0.3, 0.4) is 0 Å². The van der Waals surface area contributed by atoms with Crippen LogP contribution >= 0.6 is 0 Å². The van der Waals surface area contributed by atoms with Crippen molar-refractivity contribution in [2.45, 2.75) is 6.92 Å². The molecule has 0 unspecified atom stereocenters. The zero-order chi connectivity index (χ0) is 13.0. The SMILES string of the molecule is C/C(=N/N=C\N(C)C)c1cnc2ccccc2n1. The first-order valence-electron chi connectivity index (χ1n) is 5.63. The van der Waals surface area contributed by atoms with Gasteiger partial charge in [-0.15, -0.1) is 5.10 Å². The van der Waals surface area contributed by atoms with E-state index in [0.29, 0.717) is 0 Å². The molecule has 0 saturated heterocycles. The number of fused-ring (bicyclic) bond motifs is 1. The Hall–Kier alpha value is -2.30. The molecule has 0 spiro atoms. The van der Waals surface area contributed by atoms with Gasteiger partial charge < -0.3 is 4.90 Å². The normalized spacial score (nSPS) is 12.3. The summed E-state index contributed by atoms with van der Waals surface area (Å²) in [5.41, 5.74) is 3.22. The number of aromatic nitrogens is 2. The Morgan fingerprint density at radius 1 is 1.22 bits per heavy atom. The lowest BCUT2D eigenvalue weighted by atomic mass is 10.2. The summed E-state index contributed by atoms with van der Waals surface area (Å²) in [7, 11) is 3.79. The van der Waals surface area contributed by atoms with Crippen LogP contribution in [-0.2, 0) is 0 Å². The second-order valence-electron chi connectivity index (χ2n) is 4.12. The minimum absolute atomic E-state index is 0.740. The van der Waals surface area contributed by atoms with Crippen molar-refractivity contribution in [2.24, 2.45) is 10.2 Å². The van der Waals surface area contributed by atoms with Gasteiger partial charge in [0.05, 0.1) is 22.9 Å². The Kier molecular flexibility index (Phi) is 3.62. The second-order valence-corrected chi connectivity index (χ2v) is 4.12. The van der Waals surface area contributed by atoms with Gasteiger partial charge in [0.2, 0.25) is 0 Å². The lowest BCUT2D eigenvalue weighted by Crippen LogP contribution is -2.07. The lowest BCUT2D eigenvalue weighted by molar-refractivity contribution is 0.640. The summed E-state index contributed by atoms with van der Waals surface area (Å²) in [5.74, 6) is 0. The van der Waals surface area contributed by atoms with Gasteiger partial charge in [-0.05, 0) is 19.1 Å². The molecular formula is C13H15N5. The van der Waals surface area contributed by atoms with E-state index in [1.54, 1.807) is 12.5 Å². The maximum absolute atomic E-state index is 4.49. The second kappa shape index (κ2) is 5.35. The molecule has 0 aliphatic carbocycles. The fraction of sp³-hybridized carbons (Fsp3) is 0.231. The highest BCUT2D eigenvalue weighted by molar-refractivity contribution is 5.98. The largest absolute Gasteiger partial charge is 0.367 e. The number of rotatable bonds is 3. The maximum Gasteiger partial charge on any atom is 0.113 e. The van der Waals surface area contributed by atoms with Gasteiger partial charge >= 0.3 is 0 Å². The standard InChI is InChI=1S/C13H15N5/c1-10(17-15-9-18(2)3)13-8-14-11-6-4-5-7-12(11)16-13/h4-9H,1-3H3/b15-9-,17-10-. The third kappa shape index (κ3) is 2.88. The number of benzene rings is 1. The van der Waals surface area contributed by atoms with Crippen LogP contribution in [0.4, 0.5) is 0 Å². The molecule has 18 heavy (non-hydrogen) atoms. The van der Waals surface area contributed by atoms with Gasteiger partial charge in [0, 0.05) is 14.1 Å². The molecule has 0 aliphatic heterocycles. The predicted octanol–water partition coefficient (Wildman–Crippen LogP) is 1.94. The summed E-state index contributed by atoms with van der Waals surface area (Å²) >= 11 is 0. The minimum atomic E-state index is 0.740. The van der Waals surface area contributed by atoms with E-state index >= 15 is 0 Å². The predicted molar refractivity (Wildman–Crippen MR) is 73.9 cm³/mol. The first-order chi connectivity index (χ1) is 8.66. The summed E-state index contributed by atoms with van der Waals surface area (Å²) in [5, 5.41) is 8.03. The Balaban J connectivity index is 2.30. The minimum Gasteiger partial charge on any atom is -0.367 e. The molecule has 2 rings (SSSR count). The molecule has 2 aromatic rings. The van der Waals surface area contributed by atoms with Crippen molar-refractivity contribution in [1.82, 2.24) is 14.9 Å². The van der Waals surface area contributed by atoms with Crippen molar-refractivity contribution < 1.29 is 0 Å². The van der Waals surface area contributed by atoms with Crippen molar-refractivity contribution in [3.05, 3.63) is 36.2 Å². The third-order valence-corrected chi connectivity index (χ3v) is 2.31. The molecule has 0 saturated carbocycles. The van der Waals surface area contributed by atoms with Gasteiger partial charge in [0.1, 0.15) is 12.0 Å². The summed E-state index contributed by atoms with van der Waals surface area (Å²) in [6.07, 6.45) is 3.35. The van der Waals surface area contributed by atoms with Gasteiger partial charge in [0.15, 0.2) is 0 Å². The first kappa shape index (κ1) is 12.2. The number of para-hydroxylation sites is 2. The van der Waals surface area contributed by atoms with Gasteiger partial charge in [-0.3, -0.25) is 4.98 Å². The molecule has 1 aromatic heterocycles. The highest BCUT2D eigenvalue weighted by atomic mass is 15.3. The van der Waals surface area contributed by atoms with Gasteiger partial charge in [-0.25, -0.2) is 4.98 Å². The topological polar surface area (TPSA) is 53.7 Å². The van der Waals surface area contributed by atoms with E-state index in [-0.39, 0.29) is 0 Å². The molecule has 0 radical (unpaired) electrons. The summed E-state index contributed by atoms with van der Waals surface area (Å²) in [6.45, 7) is 1.87. The van der Waals surface area contributed by atoms with Crippen LogP contribution in [0.25, 0.3) is 11.0 Å². The van der Waals surface area contributed by atoms with E-state index in [4.69, 9.17) is 0 Å². The fourth-order valence-electron chi connectivity index (χ4n) is 1.40. The van der Waals surface area contributed by atoms with Crippen LogP contribution in [0.5, 0.6) is 0 Å². The zero-order valence-corrected chi connectivity index (χ0v) is 10.7. The van der Waals surface area contributed by atoms with Crippen molar-refractivity contribution >= 4 is 23.1 Å². The van der Waals surface area contributed by atoms with E-state index in [1.807, 2.05) is 50.2 Å². The number of hydrogen-bond acceptors (Lipinski definition) is 4. The van der Waals surface area contributed by atoms with Crippen molar-refractivity contribution in [3.63, 3.8) is 0 Å². The van der Waals surface area contributed by atoms with Crippen molar-refractivity contribution in [3.8, 4) is 0 Å². The molecule has 5 nitrogen and oxygen atoms in total. The average molecular weight is 241 g/mol. The molecule has 0 fully saturated rings. The van der Waals surface area contributed by atoms with E-state index in [2.05, 4.69) is 20.2 Å². The van der Waals surface area contributed by atoms with Crippen LogP contribution in [0.2, 0.25) is 0 Å². The summed E-state index contributed by atoms with van der Waals surface area (Å²) in [4.78, 5) is 10.7. The zero-order valence-electron chi connectivity index (χ0n) is 10.7. The smallest absolute Gasteiger partial charge is 0.113 e. The van der Waals surface area contributed by atoms with Crippen LogP contribution < -0.4 is 0 Å². The molecule has 0 amide bonds. The molecular weight excluding hydrogens is 226 g/mol.